The quantitative estimate of drug-likeness (QED) is 0.751. The SMILES string of the molecule is CN1CC(=O)Nc2cc(Br)ccc21. The van der Waals surface area contributed by atoms with Gasteiger partial charge in [-0.1, -0.05) is 15.9 Å². The molecular formula is C9H9BrN2O. The molecule has 0 spiro atoms. The van der Waals surface area contributed by atoms with Gasteiger partial charge in [0.25, 0.3) is 0 Å². The molecule has 4 heteroatoms. The standard InChI is InChI=1S/C9H9BrN2O/c1-12-5-9(13)11-7-4-6(10)2-3-8(7)12/h2-4H,5H2,1H3,(H,11,13). The van der Waals surface area contributed by atoms with Crippen molar-refractivity contribution in [3.05, 3.63) is 22.7 Å². The number of carbonyl (C=O) groups is 1. The first kappa shape index (κ1) is 8.56. The minimum absolute atomic E-state index is 0.0353. The number of amides is 1. The molecule has 1 aliphatic rings. The van der Waals surface area contributed by atoms with E-state index in [9.17, 15) is 4.79 Å². The van der Waals surface area contributed by atoms with Crippen LogP contribution < -0.4 is 10.2 Å². The van der Waals surface area contributed by atoms with E-state index in [1.807, 2.05) is 30.1 Å². The fourth-order valence-corrected chi connectivity index (χ4v) is 1.79. The molecule has 1 heterocycles. The van der Waals surface area contributed by atoms with Gasteiger partial charge in [-0.2, -0.15) is 0 Å². The predicted molar refractivity (Wildman–Crippen MR) is 56.0 cm³/mol. The van der Waals surface area contributed by atoms with Gasteiger partial charge >= 0.3 is 0 Å². The van der Waals surface area contributed by atoms with Crippen molar-refractivity contribution >= 4 is 33.2 Å². The van der Waals surface area contributed by atoms with Crippen LogP contribution in [0.4, 0.5) is 11.4 Å². The van der Waals surface area contributed by atoms with Gasteiger partial charge in [-0.05, 0) is 18.2 Å². The van der Waals surface area contributed by atoms with Gasteiger partial charge in [-0.25, -0.2) is 0 Å². The Bertz CT molecular complexity index is 365. The van der Waals surface area contributed by atoms with Crippen LogP contribution >= 0.6 is 15.9 Å². The molecule has 0 radical (unpaired) electrons. The summed E-state index contributed by atoms with van der Waals surface area (Å²) in [4.78, 5) is 13.1. The maximum atomic E-state index is 11.2. The third-order valence-electron chi connectivity index (χ3n) is 2.02. The van der Waals surface area contributed by atoms with Gasteiger partial charge < -0.3 is 10.2 Å². The summed E-state index contributed by atoms with van der Waals surface area (Å²) < 4.78 is 0.974. The molecule has 2 rings (SSSR count). The maximum Gasteiger partial charge on any atom is 0.243 e. The average Bonchev–Trinajstić information content (AvgIpc) is 2.02. The fraction of sp³-hybridized carbons (Fsp3) is 0.222. The van der Waals surface area contributed by atoms with E-state index >= 15 is 0 Å². The lowest BCUT2D eigenvalue weighted by atomic mass is 10.2. The van der Waals surface area contributed by atoms with Gasteiger partial charge in [0.15, 0.2) is 0 Å². The lowest BCUT2D eigenvalue weighted by molar-refractivity contribution is -0.115. The molecule has 1 aliphatic heterocycles. The summed E-state index contributed by atoms with van der Waals surface area (Å²) in [7, 11) is 1.91. The summed E-state index contributed by atoms with van der Waals surface area (Å²) in [6.45, 7) is 0.425. The number of hydrogen-bond acceptors (Lipinski definition) is 2. The molecule has 0 saturated carbocycles. The Labute approximate surface area is 84.9 Å². The molecule has 0 unspecified atom stereocenters. The summed E-state index contributed by atoms with van der Waals surface area (Å²) in [5.41, 5.74) is 1.93. The van der Waals surface area contributed by atoms with Gasteiger partial charge in [0.2, 0.25) is 5.91 Å². The fourth-order valence-electron chi connectivity index (χ4n) is 1.43. The van der Waals surface area contributed by atoms with E-state index in [-0.39, 0.29) is 5.91 Å². The first-order valence-electron chi connectivity index (χ1n) is 3.97. The third kappa shape index (κ3) is 1.54. The van der Waals surface area contributed by atoms with Crippen LogP contribution in [0.25, 0.3) is 0 Å². The minimum Gasteiger partial charge on any atom is -0.364 e. The van der Waals surface area contributed by atoms with Gasteiger partial charge in [0, 0.05) is 11.5 Å². The Morgan fingerprint density at radius 2 is 2.31 bits per heavy atom. The molecule has 13 heavy (non-hydrogen) atoms. The van der Waals surface area contributed by atoms with Crippen LogP contribution in [0.1, 0.15) is 0 Å². The second kappa shape index (κ2) is 3.03. The van der Waals surface area contributed by atoms with Gasteiger partial charge in [-0.3, -0.25) is 4.79 Å². The van der Waals surface area contributed by atoms with E-state index in [1.54, 1.807) is 0 Å². The van der Waals surface area contributed by atoms with E-state index in [2.05, 4.69) is 21.2 Å². The van der Waals surface area contributed by atoms with E-state index in [4.69, 9.17) is 0 Å². The lowest BCUT2D eigenvalue weighted by Crippen LogP contribution is -2.35. The normalized spacial score (nSPS) is 15.2. The van der Waals surface area contributed by atoms with Crippen LogP contribution in [0.15, 0.2) is 22.7 Å². The Hall–Kier alpha value is -1.03. The molecule has 0 aromatic heterocycles. The average molecular weight is 241 g/mol. The molecule has 1 amide bonds. The van der Waals surface area contributed by atoms with Crippen molar-refractivity contribution in [2.24, 2.45) is 0 Å². The highest BCUT2D eigenvalue weighted by atomic mass is 79.9. The van der Waals surface area contributed by atoms with Crippen LogP contribution in [0.5, 0.6) is 0 Å². The molecule has 0 fully saturated rings. The van der Waals surface area contributed by atoms with Crippen molar-refractivity contribution in [1.29, 1.82) is 0 Å². The number of nitrogens with zero attached hydrogens (tertiary/aromatic N) is 1. The molecule has 0 aliphatic carbocycles. The molecule has 3 nitrogen and oxygen atoms in total. The smallest absolute Gasteiger partial charge is 0.243 e. The lowest BCUT2D eigenvalue weighted by Gasteiger charge is -2.27. The number of likely N-dealkylation sites (N-methyl/N-ethyl adjacent to an activating group) is 1. The molecule has 1 aromatic rings. The zero-order valence-corrected chi connectivity index (χ0v) is 8.76. The van der Waals surface area contributed by atoms with Crippen molar-refractivity contribution in [2.75, 3.05) is 23.8 Å². The molecule has 0 bridgehead atoms. The van der Waals surface area contributed by atoms with Crippen molar-refractivity contribution in [2.45, 2.75) is 0 Å². The predicted octanol–water partition coefficient (Wildman–Crippen LogP) is 1.84. The van der Waals surface area contributed by atoms with E-state index in [1.165, 1.54) is 0 Å². The largest absolute Gasteiger partial charge is 0.364 e. The summed E-state index contributed by atoms with van der Waals surface area (Å²) >= 11 is 3.36. The monoisotopic (exact) mass is 240 g/mol. The molecule has 1 N–H and O–H groups in total. The molecule has 1 aromatic carbocycles. The minimum atomic E-state index is 0.0353. The van der Waals surface area contributed by atoms with Crippen molar-refractivity contribution in [1.82, 2.24) is 0 Å². The number of halogens is 1. The molecular weight excluding hydrogens is 232 g/mol. The topological polar surface area (TPSA) is 32.3 Å². The van der Waals surface area contributed by atoms with Crippen molar-refractivity contribution in [3.63, 3.8) is 0 Å². The van der Waals surface area contributed by atoms with Crippen LogP contribution in [0, 0.1) is 0 Å². The maximum absolute atomic E-state index is 11.2. The Kier molecular flexibility index (Phi) is 2.00. The number of anilines is 2. The summed E-state index contributed by atoms with van der Waals surface area (Å²) in [6.07, 6.45) is 0. The first-order valence-corrected chi connectivity index (χ1v) is 4.76. The van der Waals surface area contributed by atoms with Crippen molar-refractivity contribution in [3.8, 4) is 0 Å². The molecule has 0 saturated heterocycles. The molecule has 68 valence electrons. The third-order valence-corrected chi connectivity index (χ3v) is 2.52. The summed E-state index contributed by atoms with van der Waals surface area (Å²) in [5.74, 6) is 0.0353. The first-order chi connectivity index (χ1) is 6.16. The van der Waals surface area contributed by atoms with Crippen molar-refractivity contribution < 1.29 is 4.79 Å². The highest BCUT2D eigenvalue weighted by molar-refractivity contribution is 9.10. The zero-order valence-electron chi connectivity index (χ0n) is 7.17. The number of fused-ring (bicyclic) bond motifs is 1. The second-order valence-electron chi connectivity index (χ2n) is 3.07. The summed E-state index contributed by atoms with van der Waals surface area (Å²) in [6, 6.07) is 5.86. The number of benzene rings is 1. The number of hydrogen-bond donors (Lipinski definition) is 1. The van der Waals surface area contributed by atoms with Gasteiger partial charge in [0.05, 0.1) is 17.9 Å². The number of carbonyl (C=O) groups excluding carboxylic acids is 1. The van der Waals surface area contributed by atoms with Gasteiger partial charge in [0.1, 0.15) is 0 Å². The number of rotatable bonds is 0. The number of nitrogens with one attached hydrogen (secondary N) is 1. The zero-order chi connectivity index (χ0) is 9.42. The highest BCUT2D eigenvalue weighted by Crippen LogP contribution is 2.30. The van der Waals surface area contributed by atoms with Gasteiger partial charge in [-0.15, -0.1) is 0 Å². The second-order valence-corrected chi connectivity index (χ2v) is 3.98. The summed E-state index contributed by atoms with van der Waals surface area (Å²) in [5, 5.41) is 2.82. The van der Waals surface area contributed by atoms with Crippen LogP contribution in [0.3, 0.4) is 0 Å². The van der Waals surface area contributed by atoms with Crippen LogP contribution in [-0.2, 0) is 4.79 Å². The Balaban J connectivity index is 2.49. The Morgan fingerprint density at radius 3 is 3.08 bits per heavy atom. The van der Waals surface area contributed by atoms with E-state index < -0.39 is 0 Å². The Morgan fingerprint density at radius 1 is 1.54 bits per heavy atom. The highest BCUT2D eigenvalue weighted by Gasteiger charge is 2.18. The van der Waals surface area contributed by atoms with E-state index in [0.29, 0.717) is 6.54 Å². The van der Waals surface area contributed by atoms with Crippen LogP contribution in [-0.4, -0.2) is 19.5 Å². The molecule has 0 atom stereocenters. The van der Waals surface area contributed by atoms with Crippen LogP contribution in [0.2, 0.25) is 0 Å². The van der Waals surface area contributed by atoms with E-state index in [0.717, 1.165) is 15.8 Å².